The standard InChI is InChI=1S/C13H18N2O4/c1-2-8(7-14)5-12(17)15-10-6-9(13(18)19)3-4-11(10)16/h3-4,6,8,16H,2,5,7,14H2,1H3,(H,15,17)(H,18,19). The van der Waals surface area contributed by atoms with Gasteiger partial charge in [-0.3, -0.25) is 4.79 Å². The van der Waals surface area contributed by atoms with Gasteiger partial charge < -0.3 is 21.3 Å². The predicted octanol–water partition coefficient (Wildman–Crippen LogP) is 1.40. The number of benzene rings is 1. The molecule has 1 aromatic carbocycles. The second-order valence-corrected chi connectivity index (χ2v) is 4.30. The van der Waals surface area contributed by atoms with Crippen LogP contribution in [0.5, 0.6) is 5.75 Å². The highest BCUT2D eigenvalue weighted by atomic mass is 16.4. The first-order valence-corrected chi connectivity index (χ1v) is 6.04. The van der Waals surface area contributed by atoms with Gasteiger partial charge in [0, 0.05) is 6.42 Å². The lowest BCUT2D eigenvalue weighted by atomic mass is 10.0. The molecule has 0 aliphatic carbocycles. The number of amides is 1. The highest BCUT2D eigenvalue weighted by molar-refractivity contribution is 5.95. The van der Waals surface area contributed by atoms with Crippen molar-refractivity contribution in [1.82, 2.24) is 0 Å². The lowest BCUT2D eigenvalue weighted by Gasteiger charge is -2.13. The molecule has 1 atom stereocenters. The van der Waals surface area contributed by atoms with E-state index in [1.165, 1.54) is 18.2 Å². The molecular weight excluding hydrogens is 248 g/mol. The lowest BCUT2D eigenvalue weighted by Crippen LogP contribution is -2.21. The number of carbonyl (C=O) groups is 2. The third-order valence-electron chi connectivity index (χ3n) is 2.90. The molecular formula is C13H18N2O4. The Morgan fingerprint density at radius 3 is 2.63 bits per heavy atom. The van der Waals surface area contributed by atoms with Crippen molar-refractivity contribution in [2.45, 2.75) is 19.8 Å². The second-order valence-electron chi connectivity index (χ2n) is 4.30. The van der Waals surface area contributed by atoms with E-state index in [2.05, 4.69) is 5.32 Å². The Hall–Kier alpha value is -2.08. The molecule has 1 rings (SSSR count). The van der Waals surface area contributed by atoms with E-state index in [1.807, 2.05) is 6.92 Å². The monoisotopic (exact) mass is 266 g/mol. The van der Waals surface area contributed by atoms with Gasteiger partial charge in [0.25, 0.3) is 0 Å². The summed E-state index contributed by atoms with van der Waals surface area (Å²) in [5.74, 6) is -1.51. The molecule has 0 heterocycles. The number of hydrogen-bond donors (Lipinski definition) is 4. The summed E-state index contributed by atoms with van der Waals surface area (Å²) in [7, 11) is 0. The Morgan fingerprint density at radius 2 is 2.11 bits per heavy atom. The van der Waals surface area contributed by atoms with Crippen molar-refractivity contribution in [3.8, 4) is 5.75 Å². The summed E-state index contributed by atoms with van der Waals surface area (Å²) in [6.45, 7) is 2.35. The average molecular weight is 266 g/mol. The lowest BCUT2D eigenvalue weighted by molar-refractivity contribution is -0.117. The van der Waals surface area contributed by atoms with Gasteiger partial charge >= 0.3 is 5.97 Å². The fourth-order valence-electron chi connectivity index (χ4n) is 1.63. The van der Waals surface area contributed by atoms with Crippen LogP contribution in [0.1, 0.15) is 30.1 Å². The maximum Gasteiger partial charge on any atom is 0.335 e. The number of carboxylic acid groups (broad SMARTS) is 1. The molecule has 0 aromatic heterocycles. The van der Waals surface area contributed by atoms with E-state index < -0.39 is 5.97 Å². The number of anilines is 1. The summed E-state index contributed by atoms with van der Waals surface area (Å²) in [4.78, 5) is 22.6. The fraction of sp³-hybridized carbons (Fsp3) is 0.385. The van der Waals surface area contributed by atoms with Crippen LogP contribution in [0.15, 0.2) is 18.2 Å². The number of phenolic OH excluding ortho intramolecular Hbond substituents is 1. The van der Waals surface area contributed by atoms with Gasteiger partial charge in [-0.25, -0.2) is 4.79 Å². The summed E-state index contributed by atoms with van der Waals surface area (Å²) >= 11 is 0. The summed E-state index contributed by atoms with van der Waals surface area (Å²) in [6.07, 6.45) is 1.02. The van der Waals surface area contributed by atoms with Crippen LogP contribution in [0, 0.1) is 5.92 Å². The molecule has 0 aliphatic rings. The SMILES string of the molecule is CCC(CN)CC(=O)Nc1cc(C(=O)O)ccc1O. The van der Waals surface area contributed by atoms with E-state index in [1.54, 1.807) is 0 Å². The normalized spacial score (nSPS) is 11.9. The number of aromatic hydroxyl groups is 1. The first-order chi connectivity index (χ1) is 8.97. The largest absolute Gasteiger partial charge is 0.506 e. The molecule has 0 bridgehead atoms. The number of carbonyl (C=O) groups excluding carboxylic acids is 1. The molecule has 0 saturated carbocycles. The first kappa shape index (κ1) is 15.0. The number of nitrogens with one attached hydrogen (secondary N) is 1. The Labute approximate surface area is 111 Å². The van der Waals surface area contributed by atoms with Gasteiger partial charge in [0.05, 0.1) is 11.3 Å². The second kappa shape index (κ2) is 6.75. The smallest absolute Gasteiger partial charge is 0.335 e. The highest BCUT2D eigenvalue weighted by Crippen LogP contribution is 2.24. The zero-order valence-corrected chi connectivity index (χ0v) is 10.7. The summed E-state index contributed by atoms with van der Waals surface area (Å²) in [6, 6.07) is 3.72. The van der Waals surface area contributed by atoms with Crippen molar-refractivity contribution in [2.75, 3.05) is 11.9 Å². The molecule has 0 spiro atoms. The first-order valence-electron chi connectivity index (χ1n) is 6.04. The minimum absolute atomic E-state index is 0.000957. The Kier molecular flexibility index (Phi) is 5.32. The van der Waals surface area contributed by atoms with Crippen molar-refractivity contribution >= 4 is 17.6 Å². The van der Waals surface area contributed by atoms with E-state index in [-0.39, 0.29) is 35.2 Å². The molecule has 6 nitrogen and oxygen atoms in total. The number of aromatic carboxylic acids is 1. The van der Waals surface area contributed by atoms with Crippen molar-refractivity contribution in [3.05, 3.63) is 23.8 Å². The molecule has 0 fully saturated rings. The third kappa shape index (κ3) is 4.26. The topological polar surface area (TPSA) is 113 Å². The summed E-state index contributed by atoms with van der Waals surface area (Å²) < 4.78 is 0. The van der Waals surface area contributed by atoms with Gasteiger partial charge in [-0.2, -0.15) is 0 Å². The molecule has 19 heavy (non-hydrogen) atoms. The number of carboxylic acids is 1. The van der Waals surface area contributed by atoms with E-state index in [0.29, 0.717) is 6.54 Å². The molecule has 104 valence electrons. The van der Waals surface area contributed by atoms with Crippen molar-refractivity contribution < 1.29 is 19.8 Å². The zero-order chi connectivity index (χ0) is 14.4. The molecule has 0 radical (unpaired) electrons. The van der Waals surface area contributed by atoms with Crippen LogP contribution in [0.3, 0.4) is 0 Å². The van der Waals surface area contributed by atoms with Crippen LogP contribution in [0.25, 0.3) is 0 Å². The van der Waals surface area contributed by atoms with Crippen LogP contribution < -0.4 is 11.1 Å². The molecule has 5 N–H and O–H groups in total. The van der Waals surface area contributed by atoms with E-state index in [0.717, 1.165) is 6.42 Å². The van der Waals surface area contributed by atoms with Gasteiger partial charge in [-0.1, -0.05) is 13.3 Å². The molecule has 1 aromatic rings. The van der Waals surface area contributed by atoms with Gasteiger partial charge in [0.15, 0.2) is 0 Å². The van der Waals surface area contributed by atoms with Gasteiger partial charge in [0.2, 0.25) is 5.91 Å². The van der Waals surface area contributed by atoms with Gasteiger partial charge in [-0.05, 0) is 30.7 Å². The van der Waals surface area contributed by atoms with Gasteiger partial charge in [-0.15, -0.1) is 0 Å². The highest BCUT2D eigenvalue weighted by Gasteiger charge is 2.13. The van der Waals surface area contributed by atoms with Crippen LogP contribution in [-0.2, 0) is 4.79 Å². The zero-order valence-electron chi connectivity index (χ0n) is 10.7. The number of phenols is 1. The van der Waals surface area contributed by atoms with Crippen LogP contribution >= 0.6 is 0 Å². The predicted molar refractivity (Wildman–Crippen MR) is 71.1 cm³/mol. The Balaban J connectivity index is 2.78. The van der Waals surface area contributed by atoms with Crippen molar-refractivity contribution in [3.63, 3.8) is 0 Å². The molecule has 1 amide bonds. The molecule has 0 saturated heterocycles. The van der Waals surface area contributed by atoms with Crippen LogP contribution in [-0.4, -0.2) is 28.6 Å². The minimum atomic E-state index is -1.12. The number of nitrogens with two attached hydrogens (primary N) is 1. The van der Waals surface area contributed by atoms with Crippen LogP contribution in [0.4, 0.5) is 5.69 Å². The molecule has 0 aliphatic heterocycles. The van der Waals surface area contributed by atoms with Crippen molar-refractivity contribution in [2.24, 2.45) is 11.7 Å². The van der Waals surface area contributed by atoms with Gasteiger partial charge in [0.1, 0.15) is 5.75 Å². The van der Waals surface area contributed by atoms with Crippen LogP contribution in [0.2, 0.25) is 0 Å². The van der Waals surface area contributed by atoms with E-state index in [9.17, 15) is 14.7 Å². The van der Waals surface area contributed by atoms with Crippen molar-refractivity contribution in [1.29, 1.82) is 0 Å². The Morgan fingerprint density at radius 1 is 1.42 bits per heavy atom. The summed E-state index contributed by atoms with van der Waals surface area (Å²) in [5.41, 5.74) is 5.60. The number of rotatable bonds is 6. The minimum Gasteiger partial charge on any atom is -0.506 e. The maximum atomic E-state index is 11.7. The Bertz CT molecular complexity index is 470. The van der Waals surface area contributed by atoms with E-state index in [4.69, 9.17) is 10.8 Å². The molecule has 1 unspecified atom stereocenters. The third-order valence-corrected chi connectivity index (χ3v) is 2.90. The molecule has 6 heteroatoms. The average Bonchev–Trinajstić information content (AvgIpc) is 2.38. The summed E-state index contributed by atoms with van der Waals surface area (Å²) in [5, 5.41) is 20.9. The fourth-order valence-corrected chi connectivity index (χ4v) is 1.63. The van der Waals surface area contributed by atoms with E-state index >= 15 is 0 Å². The number of hydrogen-bond acceptors (Lipinski definition) is 4. The maximum absolute atomic E-state index is 11.7. The quantitative estimate of drug-likeness (QED) is 0.581.